The highest BCUT2D eigenvalue weighted by molar-refractivity contribution is 6.05. The van der Waals surface area contributed by atoms with Crippen molar-refractivity contribution in [1.29, 1.82) is 0 Å². The molecule has 4 unspecified atom stereocenters. The third-order valence-electron chi connectivity index (χ3n) is 13.7. The van der Waals surface area contributed by atoms with Crippen molar-refractivity contribution >= 4 is 47.3 Å². The van der Waals surface area contributed by atoms with E-state index in [0.717, 1.165) is 36.4 Å². The maximum Gasteiger partial charge on any atom is 0.255 e. The number of phenols is 6. The monoisotopic (exact) mass is 1180 g/mol. The lowest BCUT2D eigenvalue weighted by atomic mass is 9.91. The fraction of sp³-hybridized carbons (Fsp3) is 0.444. The summed E-state index contributed by atoms with van der Waals surface area (Å²) in [7, 11) is 0. The summed E-state index contributed by atoms with van der Waals surface area (Å²) in [5.74, 6) is -13.8. The van der Waals surface area contributed by atoms with Crippen LogP contribution in [0.1, 0.15) is 62.1 Å². The van der Waals surface area contributed by atoms with Crippen molar-refractivity contribution in [2.75, 3.05) is 144 Å². The number of phenolic OH excluding ortho intramolecular Hbond substituents is 6. The molecule has 456 valence electrons. The van der Waals surface area contributed by atoms with Crippen molar-refractivity contribution < 1.29 is 88.7 Å². The summed E-state index contributed by atoms with van der Waals surface area (Å²) >= 11 is 0. The first kappa shape index (κ1) is 64.4. The highest BCUT2D eigenvalue weighted by atomic mass is 16.5. The number of nitrogens with one attached hydrogen (secondary N) is 8. The molecule has 84 heavy (non-hydrogen) atoms. The highest BCUT2D eigenvalue weighted by Gasteiger charge is 2.34. The van der Waals surface area contributed by atoms with Crippen molar-refractivity contribution in [2.24, 2.45) is 11.7 Å². The second-order valence-corrected chi connectivity index (χ2v) is 19.3. The summed E-state index contributed by atoms with van der Waals surface area (Å²) in [4.78, 5) is 112. The maximum atomic E-state index is 13.5. The van der Waals surface area contributed by atoms with Gasteiger partial charge >= 0.3 is 0 Å². The van der Waals surface area contributed by atoms with E-state index in [9.17, 15) is 79.2 Å². The first-order valence-corrected chi connectivity index (χ1v) is 27.0. The Kier molecular flexibility index (Phi) is 24.2. The molecule has 0 spiro atoms. The molecule has 3 aromatic carbocycles. The number of hydrogen-bond donors (Lipinski definition) is 17. The number of amides is 8. The molecule has 10 aliphatic heterocycles. The lowest BCUT2D eigenvalue weighted by Gasteiger charge is -2.29. The van der Waals surface area contributed by atoms with Gasteiger partial charge in [0.2, 0.25) is 5.91 Å². The smallest absolute Gasteiger partial charge is 0.255 e. The average Bonchev–Trinajstić information content (AvgIpc) is 3.48. The number of carbonyl (C=O) groups excluding carboxylic acids is 8. The molecule has 4 atom stereocenters. The number of benzene rings is 3. The van der Waals surface area contributed by atoms with Crippen molar-refractivity contribution in [1.82, 2.24) is 57.2 Å². The maximum absolute atomic E-state index is 13.5. The van der Waals surface area contributed by atoms with Crippen LogP contribution < -0.4 is 48.3 Å². The van der Waals surface area contributed by atoms with Crippen molar-refractivity contribution in [3.63, 3.8) is 0 Å². The average molecular weight is 1180 g/mol. The Labute approximate surface area is 481 Å². The summed E-state index contributed by atoms with van der Waals surface area (Å²) in [5.41, 5.74) is 2.89. The zero-order chi connectivity index (χ0) is 60.9. The normalized spacial score (nSPS) is 20.4. The third-order valence-corrected chi connectivity index (χ3v) is 13.7. The molecular weight excluding hydrogens is 1100 g/mol. The lowest BCUT2D eigenvalue weighted by molar-refractivity contribution is -0.127. The van der Waals surface area contributed by atoms with Gasteiger partial charge in [0.1, 0.15) is 11.9 Å². The van der Waals surface area contributed by atoms with Gasteiger partial charge in [0.05, 0.1) is 71.3 Å². The molecule has 14 rings (SSSR count). The van der Waals surface area contributed by atoms with Crippen LogP contribution in [0, 0.1) is 5.92 Å². The second kappa shape index (κ2) is 31.6. The van der Waals surface area contributed by atoms with E-state index in [2.05, 4.69) is 42.5 Å². The Hall–Kier alpha value is -8.78. The molecule has 30 nitrogen and oxygen atoms in total. The van der Waals surface area contributed by atoms with Gasteiger partial charge < -0.3 is 98.6 Å². The Bertz CT molecular complexity index is 2960. The number of aliphatic hydroxyl groups is 2. The van der Waals surface area contributed by atoms with Crippen LogP contribution in [-0.2, 0) is 19.1 Å². The van der Waals surface area contributed by atoms with Gasteiger partial charge in [0.25, 0.3) is 41.4 Å². The number of nitrogens with two attached hydrogens (primary N) is 1. The Morgan fingerprint density at radius 1 is 0.500 bits per heavy atom. The molecule has 0 radical (unpaired) electrons. The molecule has 0 saturated heterocycles. The molecule has 8 amide bonds. The number of aliphatic hydroxyl groups excluding tert-OH is 2. The van der Waals surface area contributed by atoms with Crippen LogP contribution in [0.4, 0.5) is 0 Å². The minimum Gasteiger partial charge on any atom is -0.509 e. The van der Waals surface area contributed by atoms with Crippen LogP contribution in [0.25, 0.3) is 0 Å². The molecule has 1 aliphatic carbocycles. The lowest BCUT2D eigenvalue weighted by Crippen LogP contribution is -2.47. The molecule has 11 aliphatic rings. The van der Waals surface area contributed by atoms with E-state index in [1.807, 2.05) is 0 Å². The van der Waals surface area contributed by atoms with Gasteiger partial charge in [-0.05, 0) is 42.5 Å². The zero-order valence-electron chi connectivity index (χ0n) is 45.9. The van der Waals surface area contributed by atoms with Crippen LogP contribution in [0.5, 0.6) is 34.5 Å². The minimum absolute atomic E-state index is 0.0421. The SMILES string of the molecule is NCCOCCOCCNC(=O)c1ccc(C(=O)NCCN2CCNC(=O)c3ccc(c(O)c3O)C(=O)NCCN3CCNC(=O)C4=C(O)C(O)C(C=C4)C(=O)NCCN(CCNC(=O)c4ccc(c(O)c4O)C(=O)NCC3)CC2)c(O)c1O. The fourth-order valence-corrected chi connectivity index (χ4v) is 9.00. The van der Waals surface area contributed by atoms with Gasteiger partial charge in [0, 0.05) is 118 Å². The Balaban J connectivity index is 1.25. The Morgan fingerprint density at radius 3 is 1.37 bits per heavy atom. The molecule has 0 fully saturated rings. The zero-order valence-corrected chi connectivity index (χ0v) is 45.9. The van der Waals surface area contributed by atoms with Crippen molar-refractivity contribution in [3.05, 3.63) is 93.3 Å². The summed E-state index contributed by atoms with van der Waals surface area (Å²) in [6.45, 7) is 1.41. The van der Waals surface area contributed by atoms with Gasteiger partial charge in [-0.15, -0.1) is 0 Å². The van der Waals surface area contributed by atoms with E-state index in [0.29, 0.717) is 19.8 Å². The molecule has 0 aromatic heterocycles. The standard InChI is InChI=1S/C54H72N12O18/c55-9-27-83-29-30-84-28-17-63-54(82)38-8-7-37(45(73)46(38)74)53(81)62-16-24-66-23-15-61-52(80)36-6-3-33(41(69)44(36)72)49(77)58-12-20-64-18-10-56-47(75)31-1-4-34(42(70)39(31)67)50(78)59-13-21-65(25-26-66)22-14-60-51(79)35-5-2-32(40(68)43(35)71)48(76)57-11-19-64/h1-8,34,42,67-74H,9-30,55H2,(H,56,75)(H,57,76)(H,58,77)(H,59,78)(H,60,79)(H,61,80)(H,62,81)(H,63,82). The number of ether oxygens (including phenoxy) is 2. The van der Waals surface area contributed by atoms with E-state index < -0.39 is 99.5 Å². The van der Waals surface area contributed by atoms with Crippen molar-refractivity contribution in [3.8, 4) is 34.5 Å². The van der Waals surface area contributed by atoms with Gasteiger partial charge in [-0.3, -0.25) is 53.1 Å². The first-order valence-electron chi connectivity index (χ1n) is 27.0. The van der Waals surface area contributed by atoms with E-state index >= 15 is 0 Å². The fourth-order valence-electron chi connectivity index (χ4n) is 9.00. The molecule has 10 heterocycles. The van der Waals surface area contributed by atoms with Crippen molar-refractivity contribution in [2.45, 2.75) is 6.10 Å². The van der Waals surface area contributed by atoms with Crippen LogP contribution in [0.2, 0.25) is 0 Å². The molecule has 8 bridgehead atoms. The molecular formula is C54H72N12O18. The van der Waals surface area contributed by atoms with Gasteiger partial charge in [-0.2, -0.15) is 0 Å². The number of hydrogen-bond acceptors (Lipinski definition) is 22. The van der Waals surface area contributed by atoms with Gasteiger partial charge in [0.15, 0.2) is 34.5 Å². The number of carbonyl (C=O) groups is 8. The predicted octanol–water partition coefficient (Wildman–Crippen LogP) is -3.78. The van der Waals surface area contributed by atoms with E-state index in [1.54, 1.807) is 14.7 Å². The molecule has 18 N–H and O–H groups in total. The van der Waals surface area contributed by atoms with Gasteiger partial charge in [-0.1, -0.05) is 6.08 Å². The largest absolute Gasteiger partial charge is 0.509 e. The van der Waals surface area contributed by atoms with Crippen LogP contribution >= 0.6 is 0 Å². The second-order valence-electron chi connectivity index (χ2n) is 19.3. The Morgan fingerprint density at radius 2 is 0.905 bits per heavy atom. The number of nitrogens with zero attached hydrogens (tertiary/aromatic N) is 3. The van der Waals surface area contributed by atoms with Crippen LogP contribution in [0.3, 0.4) is 0 Å². The van der Waals surface area contributed by atoms with Gasteiger partial charge in [-0.25, -0.2) is 0 Å². The number of rotatable bonds is 13. The quantitative estimate of drug-likeness (QED) is 0.0577. The first-order chi connectivity index (χ1) is 40.3. The van der Waals surface area contributed by atoms with E-state index in [1.165, 1.54) is 12.2 Å². The van der Waals surface area contributed by atoms with E-state index in [4.69, 9.17) is 15.2 Å². The van der Waals surface area contributed by atoms with Crippen LogP contribution in [-0.4, -0.2) is 253 Å². The summed E-state index contributed by atoms with van der Waals surface area (Å²) < 4.78 is 10.6. The third kappa shape index (κ3) is 17.4. The predicted molar refractivity (Wildman–Crippen MR) is 298 cm³/mol. The van der Waals surface area contributed by atoms with Crippen LogP contribution in [0.15, 0.2) is 59.9 Å². The number of aromatic hydroxyl groups is 6. The molecule has 0 saturated carbocycles. The molecule has 30 heteroatoms. The summed E-state index contributed by atoms with van der Waals surface area (Å²) in [6, 6.07) is 6.86. The highest BCUT2D eigenvalue weighted by Crippen LogP contribution is 2.35. The molecule has 3 aromatic rings. The minimum atomic E-state index is -1.81. The van der Waals surface area contributed by atoms with E-state index in [-0.39, 0.29) is 163 Å². The summed E-state index contributed by atoms with van der Waals surface area (Å²) in [6.07, 6.45) is 0.654. The summed E-state index contributed by atoms with van der Waals surface area (Å²) in [5, 5.41) is 109. The topological polar surface area (TPSA) is 449 Å².